The van der Waals surface area contributed by atoms with Crippen molar-refractivity contribution in [3.05, 3.63) is 23.1 Å². The molecule has 4 nitrogen and oxygen atoms in total. The molecule has 4 rings (SSSR count). The fourth-order valence-corrected chi connectivity index (χ4v) is 4.82. The van der Waals surface area contributed by atoms with E-state index < -0.39 is 0 Å². The molecule has 0 aromatic carbocycles. The van der Waals surface area contributed by atoms with E-state index in [0.29, 0.717) is 5.54 Å². The van der Waals surface area contributed by atoms with Gasteiger partial charge < -0.3 is 4.90 Å². The lowest BCUT2D eigenvalue weighted by molar-refractivity contribution is 0.102. The molecular formula is C17H21N3OS. The topological polar surface area (TPSA) is 36.4 Å². The quantitative estimate of drug-likeness (QED) is 0.798. The summed E-state index contributed by atoms with van der Waals surface area (Å²) in [4.78, 5) is 23.1. The number of carbonyl (C=O) groups is 1. The predicted octanol–water partition coefficient (Wildman–Crippen LogP) is 3.17. The molecule has 0 radical (unpaired) electrons. The van der Waals surface area contributed by atoms with Crippen molar-refractivity contribution in [1.29, 1.82) is 0 Å². The molecule has 0 amide bonds. The van der Waals surface area contributed by atoms with Crippen LogP contribution in [0.15, 0.2) is 18.2 Å². The summed E-state index contributed by atoms with van der Waals surface area (Å²) in [5.74, 6) is 1.18. The van der Waals surface area contributed by atoms with E-state index in [0.717, 1.165) is 34.0 Å². The number of aromatic nitrogens is 1. The van der Waals surface area contributed by atoms with E-state index in [1.165, 1.54) is 37.1 Å². The predicted molar refractivity (Wildman–Crippen MR) is 91.0 cm³/mol. The average molecular weight is 315 g/mol. The van der Waals surface area contributed by atoms with Crippen LogP contribution in [-0.2, 0) is 0 Å². The molecule has 0 bridgehead atoms. The van der Waals surface area contributed by atoms with Crippen LogP contribution in [0.3, 0.4) is 0 Å². The number of rotatable bonds is 2. The van der Waals surface area contributed by atoms with E-state index in [4.69, 9.17) is 4.98 Å². The minimum Gasteiger partial charge on any atom is -0.355 e. The van der Waals surface area contributed by atoms with Gasteiger partial charge in [-0.05, 0) is 58.0 Å². The van der Waals surface area contributed by atoms with Crippen LogP contribution < -0.4 is 4.90 Å². The fraction of sp³-hybridized carbons (Fsp3) is 0.529. The zero-order valence-corrected chi connectivity index (χ0v) is 13.9. The van der Waals surface area contributed by atoms with Crippen molar-refractivity contribution in [2.75, 3.05) is 31.6 Å². The zero-order chi connectivity index (χ0) is 15.3. The molecular weight excluding hydrogens is 294 g/mol. The summed E-state index contributed by atoms with van der Waals surface area (Å²) in [5.41, 5.74) is 0.358. The molecule has 1 atom stereocenters. The molecule has 116 valence electrons. The van der Waals surface area contributed by atoms with E-state index in [1.807, 2.05) is 6.07 Å². The van der Waals surface area contributed by atoms with Crippen LogP contribution in [0.4, 0.5) is 5.82 Å². The van der Waals surface area contributed by atoms with Gasteiger partial charge in [-0.25, -0.2) is 4.98 Å². The third kappa shape index (κ3) is 2.15. The van der Waals surface area contributed by atoms with Gasteiger partial charge >= 0.3 is 0 Å². The van der Waals surface area contributed by atoms with Crippen molar-refractivity contribution in [3.63, 3.8) is 0 Å². The van der Waals surface area contributed by atoms with Gasteiger partial charge in [0.2, 0.25) is 0 Å². The van der Waals surface area contributed by atoms with Crippen LogP contribution in [-0.4, -0.2) is 47.9 Å². The molecule has 4 heterocycles. The number of pyridine rings is 1. The van der Waals surface area contributed by atoms with Gasteiger partial charge in [-0.3, -0.25) is 9.69 Å². The van der Waals surface area contributed by atoms with Crippen LogP contribution in [0.2, 0.25) is 0 Å². The third-order valence-electron chi connectivity index (χ3n) is 5.32. The lowest BCUT2D eigenvalue weighted by Crippen LogP contribution is -2.43. The number of thiophene rings is 1. The summed E-state index contributed by atoms with van der Waals surface area (Å²) in [6.07, 6.45) is 3.84. The molecule has 0 saturated carbocycles. The number of carbonyl (C=O) groups excluding carboxylic acids is 1. The van der Waals surface area contributed by atoms with Crippen molar-refractivity contribution in [2.45, 2.75) is 31.7 Å². The molecule has 2 aromatic rings. The Balaban J connectivity index is 1.63. The standard InChI is InChI=1S/C17H21N3OS/c1-12(21)14-10-13-4-5-15(18-16(13)22-14)20-9-7-17(11-20)6-3-8-19(17)2/h4-5,10H,3,6-9,11H2,1-2H3. The smallest absolute Gasteiger partial charge is 0.169 e. The summed E-state index contributed by atoms with van der Waals surface area (Å²) in [5, 5.41) is 1.07. The van der Waals surface area contributed by atoms with E-state index in [-0.39, 0.29) is 5.78 Å². The Morgan fingerprint density at radius 3 is 2.91 bits per heavy atom. The second kappa shape index (κ2) is 5.03. The van der Waals surface area contributed by atoms with Crippen LogP contribution in [0.25, 0.3) is 10.2 Å². The van der Waals surface area contributed by atoms with Gasteiger partial charge in [0.1, 0.15) is 10.6 Å². The lowest BCUT2D eigenvalue weighted by atomic mass is 9.96. The average Bonchev–Trinajstić information content (AvgIpc) is 3.19. The van der Waals surface area contributed by atoms with Gasteiger partial charge in [-0.1, -0.05) is 0 Å². The molecule has 1 unspecified atom stereocenters. The van der Waals surface area contributed by atoms with Gasteiger partial charge in [-0.15, -0.1) is 11.3 Å². The van der Waals surface area contributed by atoms with Gasteiger partial charge in [0.05, 0.1) is 4.88 Å². The summed E-state index contributed by atoms with van der Waals surface area (Å²) in [6, 6.07) is 6.16. The number of nitrogens with zero attached hydrogens (tertiary/aromatic N) is 3. The van der Waals surface area contributed by atoms with E-state index in [9.17, 15) is 4.79 Å². The first-order valence-corrected chi connectivity index (χ1v) is 8.77. The van der Waals surface area contributed by atoms with Crippen LogP contribution in [0.1, 0.15) is 35.9 Å². The molecule has 2 aliphatic rings. The van der Waals surface area contributed by atoms with Crippen molar-refractivity contribution in [1.82, 2.24) is 9.88 Å². The molecule has 0 aliphatic carbocycles. The minimum atomic E-state index is 0.122. The Bertz CT molecular complexity index is 741. The molecule has 22 heavy (non-hydrogen) atoms. The number of fused-ring (bicyclic) bond motifs is 1. The molecule has 2 aromatic heterocycles. The lowest BCUT2D eigenvalue weighted by Gasteiger charge is -2.32. The Hall–Kier alpha value is -1.46. The second-order valence-corrected chi connectivity index (χ2v) is 7.68. The number of Topliss-reactive ketones (excluding diaryl/α,β-unsaturated/α-hetero) is 1. The van der Waals surface area contributed by atoms with Crippen LogP contribution >= 0.6 is 11.3 Å². The third-order valence-corrected chi connectivity index (χ3v) is 6.46. The van der Waals surface area contributed by atoms with Crippen molar-refractivity contribution in [2.24, 2.45) is 0 Å². The van der Waals surface area contributed by atoms with Crippen molar-refractivity contribution >= 4 is 33.2 Å². The first-order chi connectivity index (χ1) is 10.6. The van der Waals surface area contributed by atoms with Gasteiger partial charge in [0.25, 0.3) is 0 Å². The molecule has 1 spiro atoms. The first-order valence-electron chi connectivity index (χ1n) is 7.95. The molecule has 5 heteroatoms. The summed E-state index contributed by atoms with van der Waals surface area (Å²) < 4.78 is 0. The molecule has 2 saturated heterocycles. The Labute approximate surface area is 134 Å². The summed E-state index contributed by atoms with van der Waals surface area (Å²) in [6.45, 7) is 4.99. The highest BCUT2D eigenvalue weighted by Gasteiger charge is 2.44. The number of hydrogen-bond donors (Lipinski definition) is 0. The zero-order valence-electron chi connectivity index (χ0n) is 13.1. The maximum Gasteiger partial charge on any atom is 0.169 e. The highest BCUT2D eigenvalue weighted by atomic mass is 32.1. The highest BCUT2D eigenvalue weighted by Crippen LogP contribution is 2.38. The number of ketones is 1. The van der Waals surface area contributed by atoms with Gasteiger partial charge in [-0.2, -0.15) is 0 Å². The Kier molecular flexibility index (Phi) is 3.24. The minimum absolute atomic E-state index is 0.122. The summed E-state index contributed by atoms with van der Waals surface area (Å²) in [7, 11) is 2.26. The SMILES string of the molecule is CC(=O)c1cc2ccc(N3CCC4(CCCN4C)C3)nc2s1. The molecule has 2 fully saturated rings. The Morgan fingerprint density at radius 1 is 1.32 bits per heavy atom. The number of anilines is 1. The van der Waals surface area contributed by atoms with Gasteiger partial charge in [0, 0.05) is 24.0 Å². The number of likely N-dealkylation sites (N-methyl/N-ethyl adjacent to an activating group) is 1. The van der Waals surface area contributed by atoms with Gasteiger partial charge in [0.15, 0.2) is 5.78 Å². The number of hydrogen-bond acceptors (Lipinski definition) is 5. The van der Waals surface area contributed by atoms with E-state index in [1.54, 1.807) is 6.92 Å². The van der Waals surface area contributed by atoms with Crippen molar-refractivity contribution < 1.29 is 4.79 Å². The largest absolute Gasteiger partial charge is 0.355 e. The monoisotopic (exact) mass is 315 g/mol. The summed E-state index contributed by atoms with van der Waals surface area (Å²) >= 11 is 1.50. The molecule has 2 aliphatic heterocycles. The number of likely N-dealkylation sites (tertiary alicyclic amines) is 1. The maximum absolute atomic E-state index is 11.5. The highest BCUT2D eigenvalue weighted by molar-refractivity contribution is 7.20. The van der Waals surface area contributed by atoms with E-state index >= 15 is 0 Å². The first kappa shape index (κ1) is 14.2. The van der Waals surface area contributed by atoms with Crippen LogP contribution in [0, 0.1) is 0 Å². The van der Waals surface area contributed by atoms with E-state index in [2.05, 4.69) is 29.0 Å². The Morgan fingerprint density at radius 2 is 2.18 bits per heavy atom. The van der Waals surface area contributed by atoms with Crippen LogP contribution in [0.5, 0.6) is 0 Å². The van der Waals surface area contributed by atoms with Crippen molar-refractivity contribution in [3.8, 4) is 0 Å². The fourth-order valence-electron chi connectivity index (χ4n) is 3.90. The normalized spacial score (nSPS) is 25.6. The maximum atomic E-state index is 11.5. The molecule has 0 N–H and O–H groups in total. The second-order valence-electron chi connectivity index (χ2n) is 6.65.